The molecule has 0 aliphatic rings. The first-order valence-electron chi connectivity index (χ1n) is 11.8. The molecule has 35 heavy (non-hydrogen) atoms. The average Bonchev–Trinajstić information content (AvgIpc) is 3.29. The smallest absolute Gasteiger partial charge is 0.204 e. The third kappa shape index (κ3) is 7.15. The van der Waals surface area contributed by atoms with Crippen molar-refractivity contribution in [3.8, 4) is 11.1 Å². The molecule has 0 fully saturated rings. The summed E-state index contributed by atoms with van der Waals surface area (Å²) in [6.45, 7) is 10.9. The first kappa shape index (κ1) is 27.6. The van der Waals surface area contributed by atoms with Crippen LogP contribution in [0.3, 0.4) is 0 Å². The van der Waals surface area contributed by atoms with Crippen molar-refractivity contribution in [2.75, 3.05) is 18.0 Å². The van der Waals surface area contributed by atoms with E-state index in [1.165, 1.54) is 33.3 Å². The molecule has 0 radical (unpaired) electrons. The third-order valence-corrected chi connectivity index (χ3v) is 5.99. The van der Waals surface area contributed by atoms with Crippen LogP contribution in [0.4, 0.5) is 5.69 Å². The summed E-state index contributed by atoms with van der Waals surface area (Å²) in [5, 5.41) is 13.2. The van der Waals surface area contributed by atoms with E-state index in [-0.39, 0.29) is 6.41 Å². The lowest BCUT2D eigenvalue weighted by molar-refractivity contribution is -0.176. The largest absolute Gasteiger partial charge is 0.372 e. The van der Waals surface area contributed by atoms with Crippen molar-refractivity contribution in [3.05, 3.63) is 83.7 Å². The third-order valence-electron chi connectivity index (χ3n) is 5.99. The fourth-order valence-electron chi connectivity index (χ4n) is 4.06. The number of primary amides is 1. The van der Waals surface area contributed by atoms with Crippen molar-refractivity contribution in [2.24, 2.45) is 5.73 Å². The van der Waals surface area contributed by atoms with E-state index in [2.05, 4.69) is 109 Å². The van der Waals surface area contributed by atoms with Crippen molar-refractivity contribution in [2.45, 2.75) is 40.0 Å². The highest BCUT2D eigenvalue weighted by molar-refractivity contribution is 5.85. The minimum absolute atomic E-state index is 0.250. The second-order valence-electron chi connectivity index (χ2n) is 8.36. The van der Waals surface area contributed by atoms with Crippen LogP contribution < -0.4 is 10.6 Å². The number of pyridine rings is 1. The number of benzene rings is 2. The van der Waals surface area contributed by atoms with Gasteiger partial charge in [-0.2, -0.15) is 0 Å². The van der Waals surface area contributed by atoms with Gasteiger partial charge in [-0.05, 0) is 66.6 Å². The van der Waals surface area contributed by atoms with Crippen LogP contribution in [-0.2, 0) is 11.2 Å². The molecule has 186 valence electrons. The van der Waals surface area contributed by atoms with Crippen LogP contribution in [0.5, 0.6) is 0 Å². The zero-order valence-electron chi connectivity index (χ0n) is 20.9. The Bertz CT molecular complexity index is 1170. The molecule has 4 rings (SSSR count). The molecule has 0 aliphatic carbocycles. The Morgan fingerprint density at radius 2 is 1.60 bits per heavy atom. The van der Waals surface area contributed by atoms with Gasteiger partial charge in [0.05, 0.1) is 0 Å². The predicted octanol–water partition coefficient (Wildman–Crippen LogP) is 5.91. The second-order valence-corrected chi connectivity index (χ2v) is 8.36. The SMILES string of the molecule is CCN(CC)c1ccc(Cc2c[nH]c3ncc(-c4ccc(C(C)C)cc4)cc23)cc1.NC=O.OO. The molecule has 7 heteroatoms. The number of carbonyl (C=O) groups excluding carboxylic acids is 1. The Balaban J connectivity index is 0.000000803. The van der Waals surface area contributed by atoms with Crippen LogP contribution in [0.1, 0.15) is 50.3 Å². The van der Waals surface area contributed by atoms with Crippen LogP contribution >= 0.6 is 0 Å². The molecule has 2 aromatic heterocycles. The zero-order chi connectivity index (χ0) is 25.8. The predicted molar refractivity (Wildman–Crippen MR) is 144 cm³/mol. The quantitative estimate of drug-likeness (QED) is 0.150. The minimum atomic E-state index is 0.250. The van der Waals surface area contributed by atoms with Crippen LogP contribution in [0.25, 0.3) is 22.2 Å². The summed E-state index contributed by atoms with van der Waals surface area (Å²) in [7, 11) is 0. The maximum Gasteiger partial charge on any atom is 0.204 e. The lowest BCUT2D eigenvalue weighted by Crippen LogP contribution is -2.21. The monoisotopic (exact) mass is 476 g/mol. The van der Waals surface area contributed by atoms with Gasteiger partial charge < -0.3 is 15.6 Å². The molecular formula is C28H36N4O3. The maximum atomic E-state index is 8.58. The van der Waals surface area contributed by atoms with Gasteiger partial charge in [0.15, 0.2) is 0 Å². The number of carbonyl (C=O) groups is 1. The zero-order valence-corrected chi connectivity index (χ0v) is 20.9. The molecule has 4 aromatic rings. The van der Waals surface area contributed by atoms with Crippen molar-refractivity contribution in [1.82, 2.24) is 9.97 Å². The van der Waals surface area contributed by atoms with Gasteiger partial charge in [0, 0.05) is 42.1 Å². The summed E-state index contributed by atoms with van der Waals surface area (Å²) in [5.41, 5.74) is 12.7. The van der Waals surface area contributed by atoms with Gasteiger partial charge >= 0.3 is 0 Å². The van der Waals surface area contributed by atoms with Crippen LogP contribution in [0.2, 0.25) is 0 Å². The lowest BCUT2D eigenvalue weighted by atomic mass is 9.98. The van der Waals surface area contributed by atoms with Gasteiger partial charge in [-0.15, -0.1) is 0 Å². The molecule has 0 bridgehead atoms. The number of hydrogen-bond donors (Lipinski definition) is 4. The number of rotatable bonds is 7. The van der Waals surface area contributed by atoms with Crippen LogP contribution in [0, 0.1) is 0 Å². The first-order chi connectivity index (χ1) is 17.0. The van der Waals surface area contributed by atoms with E-state index in [0.717, 1.165) is 30.7 Å². The lowest BCUT2D eigenvalue weighted by Gasteiger charge is -2.21. The summed E-state index contributed by atoms with van der Waals surface area (Å²) in [6, 6.07) is 20.1. The van der Waals surface area contributed by atoms with Gasteiger partial charge in [-0.25, -0.2) is 4.98 Å². The number of nitrogens with zero attached hydrogens (tertiary/aromatic N) is 2. The fourth-order valence-corrected chi connectivity index (χ4v) is 4.06. The van der Waals surface area contributed by atoms with Crippen molar-refractivity contribution < 1.29 is 15.3 Å². The van der Waals surface area contributed by atoms with Crippen LogP contribution in [0.15, 0.2) is 67.0 Å². The molecule has 1 amide bonds. The molecular weight excluding hydrogens is 440 g/mol. The van der Waals surface area contributed by atoms with E-state index in [1.54, 1.807) is 0 Å². The van der Waals surface area contributed by atoms with E-state index in [1.807, 2.05) is 6.20 Å². The normalized spacial score (nSPS) is 10.3. The molecule has 0 aliphatic heterocycles. The van der Waals surface area contributed by atoms with Crippen molar-refractivity contribution >= 4 is 23.1 Å². The fraction of sp³-hybridized carbons (Fsp3) is 0.286. The molecule has 2 aromatic carbocycles. The van der Waals surface area contributed by atoms with Crippen molar-refractivity contribution in [1.29, 1.82) is 0 Å². The van der Waals surface area contributed by atoms with Crippen molar-refractivity contribution in [3.63, 3.8) is 0 Å². The van der Waals surface area contributed by atoms with E-state index in [0.29, 0.717) is 5.92 Å². The number of aromatic nitrogens is 2. The molecule has 0 unspecified atom stereocenters. The average molecular weight is 477 g/mol. The Hall–Kier alpha value is -3.68. The summed E-state index contributed by atoms with van der Waals surface area (Å²) < 4.78 is 0. The number of aromatic amines is 1. The molecule has 7 nitrogen and oxygen atoms in total. The van der Waals surface area contributed by atoms with E-state index >= 15 is 0 Å². The Morgan fingerprint density at radius 1 is 1.00 bits per heavy atom. The molecule has 0 spiro atoms. The highest BCUT2D eigenvalue weighted by Crippen LogP contribution is 2.28. The second kappa shape index (κ2) is 13.9. The number of nitrogens with one attached hydrogen (secondary N) is 1. The van der Waals surface area contributed by atoms with Gasteiger partial charge in [-0.1, -0.05) is 50.2 Å². The minimum Gasteiger partial charge on any atom is -0.372 e. The number of hydrogen-bond acceptors (Lipinski definition) is 5. The highest BCUT2D eigenvalue weighted by Gasteiger charge is 2.09. The highest BCUT2D eigenvalue weighted by atomic mass is 17.0. The summed E-state index contributed by atoms with van der Waals surface area (Å²) in [4.78, 5) is 19.0. The topological polar surface area (TPSA) is 115 Å². The summed E-state index contributed by atoms with van der Waals surface area (Å²) >= 11 is 0. The number of anilines is 1. The number of amides is 1. The Morgan fingerprint density at radius 3 is 2.14 bits per heavy atom. The first-order valence-corrected chi connectivity index (χ1v) is 11.8. The standard InChI is InChI=1S/C27H31N3.CH3NO.H2O2/c1-5-30(6-2)25-13-7-20(8-14-25)15-24-18-29-27-26(24)16-23(17-28-27)22-11-9-21(10-12-22)19(3)4;2-1-3;1-2/h7-14,16-19H,5-6,15H2,1-4H3,(H,28,29);1H,(H2,2,3);1-2H. The summed E-state index contributed by atoms with van der Waals surface area (Å²) in [6.07, 6.45) is 5.21. The molecule has 2 heterocycles. The maximum absolute atomic E-state index is 8.58. The Kier molecular flexibility index (Phi) is 10.9. The van der Waals surface area contributed by atoms with Gasteiger partial charge in [0.2, 0.25) is 6.41 Å². The van der Waals surface area contributed by atoms with Gasteiger partial charge in [0.1, 0.15) is 5.65 Å². The van der Waals surface area contributed by atoms with Crippen LogP contribution in [-0.4, -0.2) is 40.0 Å². The molecule has 0 saturated carbocycles. The van der Waals surface area contributed by atoms with Gasteiger partial charge in [-0.3, -0.25) is 15.3 Å². The molecule has 0 saturated heterocycles. The number of nitrogens with two attached hydrogens (primary N) is 1. The number of fused-ring (bicyclic) bond motifs is 1. The van der Waals surface area contributed by atoms with E-state index < -0.39 is 0 Å². The summed E-state index contributed by atoms with van der Waals surface area (Å²) in [5.74, 6) is 0.545. The van der Waals surface area contributed by atoms with E-state index in [4.69, 9.17) is 15.3 Å². The molecule has 0 atom stereocenters. The van der Waals surface area contributed by atoms with E-state index in [9.17, 15) is 0 Å². The Labute approximate surface area is 207 Å². The molecule has 5 N–H and O–H groups in total. The van der Waals surface area contributed by atoms with Gasteiger partial charge in [0.25, 0.3) is 0 Å². The number of H-pyrrole nitrogens is 1.